The minimum atomic E-state index is -4.34. The summed E-state index contributed by atoms with van der Waals surface area (Å²) in [5.74, 6) is -0.726. The summed E-state index contributed by atoms with van der Waals surface area (Å²) in [7, 11) is 1.50. The van der Waals surface area contributed by atoms with Crippen molar-refractivity contribution in [2.75, 3.05) is 25.2 Å². The number of hydrogen-bond donors (Lipinski definition) is 1. The number of nitrogens with zero attached hydrogens (tertiary/aromatic N) is 1. The number of rotatable bonds is 7. The van der Waals surface area contributed by atoms with Crippen molar-refractivity contribution in [3.63, 3.8) is 0 Å². The number of amides is 2. The third kappa shape index (κ3) is 7.86. The monoisotopic (exact) mass is 440 g/mol. The van der Waals surface area contributed by atoms with Crippen LogP contribution in [0.4, 0.5) is 18.9 Å². The Bertz CT molecular complexity index is 884. The molecule has 2 aromatic carbocycles. The van der Waals surface area contributed by atoms with E-state index in [0.29, 0.717) is 11.3 Å². The first-order chi connectivity index (χ1) is 13.7. The number of nitrogens with one attached hydrogen (secondary N) is 1. The summed E-state index contributed by atoms with van der Waals surface area (Å²) in [4.78, 5) is 26.6. The lowest BCUT2D eigenvalue weighted by Crippen LogP contribution is -2.33. The molecule has 0 heterocycles. The third-order valence-electron chi connectivity index (χ3n) is 3.67. The fourth-order valence-corrected chi connectivity index (χ4v) is 3.40. The van der Waals surface area contributed by atoms with Crippen LogP contribution in [-0.4, -0.2) is 42.1 Å². The molecule has 154 valence electrons. The van der Waals surface area contributed by atoms with Gasteiger partial charge < -0.3 is 10.2 Å². The number of alkyl halides is 3. The maximum absolute atomic E-state index is 12.3. The molecule has 0 radical (unpaired) electrons. The smallest absolute Gasteiger partial charge is 0.333 e. The Morgan fingerprint density at radius 2 is 1.76 bits per heavy atom. The molecule has 0 saturated heterocycles. The molecule has 4 nitrogen and oxygen atoms in total. The van der Waals surface area contributed by atoms with E-state index >= 15 is 0 Å². The molecule has 0 saturated carbocycles. The standard InChI is InChI=1S/C20H19F3N2O2S2/c1-25(13-18(26)24-16-5-3-4-6-17(16)28-2)19(27)12-9-14-7-10-15(11-8-14)29-20(21,22)23/h3-12H,13H2,1-2H3,(H,24,26)/b12-9+. The highest BCUT2D eigenvalue weighted by Gasteiger charge is 2.28. The average Bonchev–Trinajstić information content (AvgIpc) is 2.66. The normalized spacial score (nSPS) is 11.5. The van der Waals surface area contributed by atoms with Gasteiger partial charge in [-0.3, -0.25) is 9.59 Å². The number of thioether (sulfide) groups is 2. The number of hydrogen-bond acceptors (Lipinski definition) is 4. The molecular weight excluding hydrogens is 421 g/mol. The second-order valence-electron chi connectivity index (χ2n) is 5.89. The Morgan fingerprint density at radius 1 is 1.10 bits per heavy atom. The molecule has 2 aromatic rings. The molecule has 0 aliphatic rings. The van der Waals surface area contributed by atoms with Crippen molar-refractivity contribution in [2.24, 2.45) is 0 Å². The van der Waals surface area contributed by atoms with Gasteiger partial charge in [-0.2, -0.15) is 13.2 Å². The van der Waals surface area contributed by atoms with Gasteiger partial charge in [0.25, 0.3) is 0 Å². The fourth-order valence-electron chi connectivity index (χ4n) is 2.31. The van der Waals surface area contributed by atoms with E-state index in [1.165, 1.54) is 60.1 Å². The van der Waals surface area contributed by atoms with E-state index in [-0.39, 0.29) is 29.1 Å². The van der Waals surface area contributed by atoms with Gasteiger partial charge in [-0.05, 0) is 53.9 Å². The van der Waals surface area contributed by atoms with Gasteiger partial charge in [0.1, 0.15) is 0 Å². The minimum Gasteiger partial charge on any atom is -0.333 e. The van der Waals surface area contributed by atoms with Gasteiger partial charge in [0, 0.05) is 22.9 Å². The van der Waals surface area contributed by atoms with Crippen LogP contribution in [0.2, 0.25) is 0 Å². The summed E-state index contributed by atoms with van der Waals surface area (Å²) < 4.78 is 37.0. The largest absolute Gasteiger partial charge is 0.446 e. The van der Waals surface area contributed by atoms with E-state index < -0.39 is 11.4 Å². The first kappa shape index (κ1) is 22.9. The van der Waals surface area contributed by atoms with Crippen LogP contribution in [0.3, 0.4) is 0 Å². The maximum Gasteiger partial charge on any atom is 0.446 e. The first-order valence-corrected chi connectivity index (χ1v) is 10.4. The third-order valence-corrected chi connectivity index (χ3v) is 5.21. The lowest BCUT2D eigenvalue weighted by atomic mass is 10.2. The number of halogens is 3. The summed E-state index contributed by atoms with van der Waals surface area (Å²) in [5.41, 5.74) is -3.08. The van der Waals surface area contributed by atoms with Gasteiger partial charge in [0.15, 0.2) is 0 Å². The zero-order chi connectivity index (χ0) is 21.4. The van der Waals surface area contributed by atoms with Crippen LogP contribution >= 0.6 is 23.5 Å². The van der Waals surface area contributed by atoms with Crippen LogP contribution in [0, 0.1) is 0 Å². The Morgan fingerprint density at radius 3 is 2.38 bits per heavy atom. The Labute approximate surface area is 175 Å². The van der Waals surface area contributed by atoms with Gasteiger partial charge in [0.2, 0.25) is 11.8 Å². The van der Waals surface area contributed by atoms with Crippen molar-refractivity contribution >= 4 is 47.1 Å². The summed E-state index contributed by atoms with van der Waals surface area (Å²) >= 11 is 1.31. The molecule has 2 amide bonds. The number of carbonyl (C=O) groups is 2. The second kappa shape index (κ2) is 10.4. The van der Waals surface area contributed by atoms with Crippen molar-refractivity contribution < 1.29 is 22.8 Å². The Hall–Kier alpha value is -2.39. The molecule has 1 N–H and O–H groups in total. The van der Waals surface area contributed by atoms with E-state index in [2.05, 4.69) is 5.32 Å². The highest BCUT2D eigenvalue weighted by Crippen LogP contribution is 2.36. The lowest BCUT2D eigenvalue weighted by Gasteiger charge is -2.15. The van der Waals surface area contributed by atoms with Crippen LogP contribution in [0.25, 0.3) is 6.08 Å². The maximum atomic E-state index is 12.3. The van der Waals surface area contributed by atoms with Gasteiger partial charge >= 0.3 is 5.51 Å². The van der Waals surface area contributed by atoms with Crippen molar-refractivity contribution in [2.45, 2.75) is 15.3 Å². The van der Waals surface area contributed by atoms with Crippen molar-refractivity contribution in [3.05, 3.63) is 60.2 Å². The topological polar surface area (TPSA) is 49.4 Å². The predicted molar refractivity (Wildman–Crippen MR) is 112 cm³/mol. The first-order valence-electron chi connectivity index (χ1n) is 8.40. The molecule has 0 atom stereocenters. The molecule has 9 heteroatoms. The van der Waals surface area contributed by atoms with Crippen molar-refractivity contribution in [1.29, 1.82) is 0 Å². The predicted octanol–water partition coefficient (Wildman–Crippen LogP) is 5.13. The molecule has 0 aliphatic carbocycles. The van der Waals surface area contributed by atoms with Crippen LogP contribution in [0.15, 0.2) is 64.4 Å². The number of likely N-dealkylation sites (N-methyl/N-ethyl adjacent to an activating group) is 1. The molecule has 0 fully saturated rings. The van der Waals surface area contributed by atoms with Crippen LogP contribution in [0.1, 0.15) is 5.56 Å². The fraction of sp³-hybridized carbons (Fsp3) is 0.200. The zero-order valence-electron chi connectivity index (χ0n) is 15.7. The average molecular weight is 441 g/mol. The molecule has 0 spiro atoms. The van der Waals surface area contributed by atoms with Crippen molar-refractivity contribution in [3.8, 4) is 0 Å². The molecule has 0 aliphatic heterocycles. The molecule has 0 bridgehead atoms. The number of benzene rings is 2. The summed E-state index contributed by atoms with van der Waals surface area (Å²) in [6.07, 6.45) is 4.66. The van der Waals surface area contributed by atoms with E-state index in [0.717, 1.165) is 4.90 Å². The molecule has 0 unspecified atom stereocenters. The Balaban J connectivity index is 1.90. The van der Waals surface area contributed by atoms with Gasteiger partial charge in [-0.15, -0.1) is 11.8 Å². The van der Waals surface area contributed by atoms with Gasteiger partial charge in [-0.25, -0.2) is 0 Å². The highest BCUT2D eigenvalue weighted by atomic mass is 32.2. The highest BCUT2D eigenvalue weighted by molar-refractivity contribution is 8.00. The second-order valence-corrected chi connectivity index (χ2v) is 7.88. The molecule has 0 aromatic heterocycles. The number of para-hydroxylation sites is 1. The zero-order valence-corrected chi connectivity index (χ0v) is 17.3. The summed E-state index contributed by atoms with van der Waals surface area (Å²) in [6, 6.07) is 13.0. The van der Waals surface area contributed by atoms with Crippen LogP contribution < -0.4 is 5.32 Å². The Kier molecular flexibility index (Phi) is 8.21. The van der Waals surface area contributed by atoms with Crippen LogP contribution in [0.5, 0.6) is 0 Å². The quantitative estimate of drug-likeness (QED) is 0.479. The van der Waals surface area contributed by atoms with Crippen LogP contribution in [-0.2, 0) is 9.59 Å². The summed E-state index contributed by atoms with van der Waals surface area (Å²) in [6.45, 7) is -0.132. The van der Waals surface area contributed by atoms with E-state index in [4.69, 9.17) is 0 Å². The van der Waals surface area contributed by atoms with E-state index in [1.807, 2.05) is 24.5 Å². The van der Waals surface area contributed by atoms with Gasteiger partial charge in [-0.1, -0.05) is 24.3 Å². The van der Waals surface area contributed by atoms with E-state index in [1.54, 1.807) is 6.07 Å². The number of carbonyl (C=O) groups excluding carboxylic acids is 2. The molecule has 29 heavy (non-hydrogen) atoms. The van der Waals surface area contributed by atoms with E-state index in [9.17, 15) is 22.8 Å². The lowest BCUT2D eigenvalue weighted by molar-refractivity contribution is -0.129. The molecule has 2 rings (SSSR count). The minimum absolute atomic E-state index is 0.0697. The molecular formula is C20H19F3N2O2S2. The van der Waals surface area contributed by atoms with Gasteiger partial charge in [0.05, 0.1) is 12.2 Å². The summed E-state index contributed by atoms with van der Waals surface area (Å²) in [5, 5.41) is 2.77. The SMILES string of the molecule is CSc1ccccc1NC(=O)CN(C)C(=O)/C=C/c1ccc(SC(F)(F)F)cc1. The number of anilines is 1. The van der Waals surface area contributed by atoms with Crippen molar-refractivity contribution in [1.82, 2.24) is 4.90 Å².